The summed E-state index contributed by atoms with van der Waals surface area (Å²) in [4.78, 5) is 27.0. The van der Waals surface area contributed by atoms with Crippen LogP contribution in [-0.4, -0.2) is 48.1 Å². The molecule has 3 aliphatic carbocycles. The van der Waals surface area contributed by atoms with E-state index >= 15 is 0 Å². The van der Waals surface area contributed by atoms with Gasteiger partial charge in [0.2, 0.25) is 0 Å². The molecule has 0 bridgehead atoms. The first kappa shape index (κ1) is 21.0. The normalized spacial score (nSPS) is 17.1. The molecule has 9 nitrogen and oxygen atoms in total. The van der Waals surface area contributed by atoms with E-state index in [9.17, 15) is 18.0 Å². The molecule has 1 aromatic heterocycles. The van der Waals surface area contributed by atoms with E-state index in [-0.39, 0.29) is 22.7 Å². The minimum atomic E-state index is -4.24. The van der Waals surface area contributed by atoms with Gasteiger partial charge >= 0.3 is 6.03 Å². The average molecular weight is 458 g/mol. The Balaban J connectivity index is 1.36. The molecule has 3 aliphatic rings. The second-order valence-electron chi connectivity index (χ2n) is 8.93. The maximum absolute atomic E-state index is 12.8. The highest BCUT2D eigenvalue weighted by Gasteiger charge is 2.33. The summed E-state index contributed by atoms with van der Waals surface area (Å²) in [6.45, 7) is 0. The first-order valence-electron chi connectivity index (χ1n) is 11.1. The quantitative estimate of drug-likeness (QED) is 0.714. The Morgan fingerprint density at radius 1 is 1.06 bits per heavy atom. The van der Waals surface area contributed by atoms with E-state index in [1.165, 1.54) is 28.9 Å². The van der Waals surface area contributed by atoms with Gasteiger partial charge in [-0.2, -0.15) is 13.5 Å². The van der Waals surface area contributed by atoms with E-state index in [0.29, 0.717) is 0 Å². The van der Waals surface area contributed by atoms with Crippen LogP contribution in [0, 0.1) is 0 Å². The Bertz CT molecular complexity index is 1200. The molecule has 0 aliphatic heterocycles. The fraction of sp³-hybridized carbons (Fsp3) is 0.500. The zero-order chi connectivity index (χ0) is 22.6. The van der Waals surface area contributed by atoms with Crippen molar-refractivity contribution >= 4 is 27.6 Å². The summed E-state index contributed by atoms with van der Waals surface area (Å²) in [5, 5.41) is 6.44. The third-order valence-corrected chi connectivity index (χ3v) is 7.91. The number of anilines is 1. The number of aryl methyl sites for hydroxylation is 3. The summed E-state index contributed by atoms with van der Waals surface area (Å²) < 4.78 is 29.0. The van der Waals surface area contributed by atoms with Crippen LogP contribution in [0.1, 0.15) is 58.4 Å². The maximum Gasteiger partial charge on any atom is 0.333 e. The van der Waals surface area contributed by atoms with Gasteiger partial charge in [0, 0.05) is 31.9 Å². The summed E-state index contributed by atoms with van der Waals surface area (Å²) in [6.07, 6.45) is 7.68. The SMILES string of the molecule is CN(C(=O)c1cc(S(=O)(=O)NC(=O)Nc2c3c(cc4c2CCC4)CCC3)nn1C)C1CC1. The molecule has 10 heteroatoms. The van der Waals surface area contributed by atoms with Crippen molar-refractivity contribution in [2.24, 2.45) is 7.05 Å². The van der Waals surface area contributed by atoms with Gasteiger partial charge in [-0.05, 0) is 73.6 Å². The number of hydrogen-bond donors (Lipinski definition) is 2. The van der Waals surface area contributed by atoms with Crippen LogP contribution >= 0.6 is 0 Å². The fourth-order valence-corrected chi connectivity index (χ4v) is 5.76. The lowest BCUT2D eigenvalue weighted by molar-refractivity contribution is 0.0774. The number of benzene rings is 1. The molecule has 1 aromatic carbocycles. The first-order valence-corrected chi connectivity index (χ1v) is 12.5. The third-order valence-electron chi connectivity index (χ3n) is 6.71. The van der Waals surface area contributed by atoms with Crippen molar-refractivity contribution in [2.75, 3.05) is 12.4 Å². The molecule has 32 heavy (non-hydrogen) atoms. The standard InChI is InChI=1S/C22H27N5O4S/c1-26(15-9-10-15)21(28)18-12-19(24-27(18)2)32(30,31)25-22(29)23-20-16-7-3-5-13(16)11-14-6-4-8-17(14)20/h11-12,15H,3-10H2,1-2H3,(H2,23,25,29). The molecule has 170 valence electrons. The van der Waals surface area contributed by atoms with Crippen LogP contribution in [-0.2, 0) is 42.8 Å². The Kier molecular flexibility index (Phi) is 4.99. The third kappa shape index (κ3) is 3.66. The van der Waals surface area contributed by atoms with E-state index < -0.39 is 16.1 Å². The van der Waals surface area contributed by atoms with Gasteiger partial charge in [-0.25, -0.2) is 9.52 Å². The Morgan fingerprint density at radius 2 is 1.69 bits per heavy atom. The highest BCUT2D eigenvalue weighted by molar-refractivity contribution is 7.90. The van der Waals surface area contributed by atoms with Crippen LogP contribution in [0.5, 0.6) is 0 Å². The number of fused-ring (bicyclic) bond motifs is 2. The van der Waals surface area contributed by atoms with Crippen molar-refractivity contribution in [2.45, 2.75) is 62.4 Å². The van der Waals surface area contributed by atoms with Crippen molar-refractivity contribution in [1.82, 2.24) is 19.4 Å². The van der Waals surface area contributed by atoms with Crippen molar-refractivity contribution in [3.63, 3.8) is 0 Å². The van der Waals surface area contributed by atoms with Crippen LogP contribution in [0.25, 0.3) is 0 Å². The number of rotatable bonds is 5. The zero-order valence-electron chi connectivity index (χ0n) is 18.3. The Labute approximate surface area is 187 Å². The lowest BCUT2D eigenvalue weighted by Gasteiger charge is -2.16. The van der Waals surface area contributed by atoms with E-state index in [2.05, 4.69) is 21.2 Å². The van der Waals surface area contributed by atoms with Crippen LogP contribution in [0.15, 0.2) is 17.2 Å². The number of aromatic nitrogens is 2. The number of carbonyl (C=O) groups excluding carboxylic acids is 2. The highest BCUT2D eigenvalue weighted by atomic mass is 32.2. The molecule has 0 saturated heterocycles. The molecule has 0 spiro atoms. The lowest BCUT2D eigenvalue weighted by atomic mass is 9.99. The molecule has 0 atom stereocenters. The van der Waals surface area contributed by atoms with Gasteiger partial charge in [-0.3, -0.25) is 9.48 Å². The van der Waals surface area contributed by atoms with Crippen molar-refractivity contribution in [1.29, 1.82) is 0 Å². The zero-order valence-corrected chi connectivity index (χ0v) is 19.1. The number of carbonyl (C=O) groups is 2. The molecule has 2 aromatic rings. The van der Waals surface area contributed by atoms with E-state index in [0.717, 1.165) is 68.2 Å². The predicted octanol–water partition coefficient (Wildman–Crippen LogP) is 2.14. The summed E-state index contributed by atoms with van der Waals surface area (Å²) in [7, 11) is -1.02. The number of urea groups is 1. The second-order valence-corrected chi connectivity index (χ2v) is 10.6. The van der Waals surface area contributed by atoms with Crippen molar-refractivity contribution < 1.29 is 18.0 Å². The van der Waals surface area contributed by atoms with E-state index in [1.807, 2.05) is 0 Å². The largest absolute Gasteiger partial charge is 0.337 e. The van der Waals surface area contributed by atoms with Gasteiger partial charge < -0.3 is 10.2 Å². The Morgan fingerprint density at radius 3 is 2.28 bits per heavy atom. The molecular formula is C22H27N5O4S. The molecule has 2 N–H and O–H groups in total. The van der Waals surface area contributed by atoms with Crippen LogP contribution in [0.3, 0.4) is 0 Å². The fourth-order valence-electron chi connectivity index (χ4n) is 4.86. The second kappa shape index (κ2) is 7.61. The van der Waals surface area contributed by atoms with Crippen molar-refractivity contribution in [3.05, 3.63) is 40.1 Å². The molecule has 1 fully saturated rings. The van der Waals surface area contributed by atoms with Gasteiger partial charge in [0.05, 0.1) is 0 Å². The summed E-state index contributed by atoms with van der Waals surface area (Å²) >= 11 is 0. The lowest BCUT2D eigenvalue weighted by Crippen LogP contribution is -2.35. The van der Waals surface area contributed by atoms with E-state index in [4.69, 9.17) is 0 Å². The highest BCUT2D eigenvalue weighted by Crippen LogP contribution is 2.38. The molecule has 1 heterocycles. The number of amides is 3. The van der Waals surface area contributed by atoms with Crippen LogP contribution in [0.2, 0.25) is 0 Å². The smallest absolute Gasteiger partial charge is 0.333 e. The van der Waals surface area contributed by atoms with Gasteiger partial charge in [0.15, 0.2) is 5.03 Å². The van der Waals surface area contributed by atoms with Gasteiger partial charge in [0.1, 0.15) is 5.69 Å². The molecular weight excluding hydrogens is 430 g/mol. The molecule has 5 rings (SSSR count). The number of nitrogens with zero attached hydrogens (tertiary/aromatic N) is 3. The van der Waals surface area contributed by atoms with Gasteiger partial charge in [0.25, 0.3) is 15.9 Å². The summed E-state index contributed by atoms with van der Waals surface area (Å²) in [5.41, 5.74) is 5.66. The van der Waals surface area contributed by atoms with Gasteiger partial charge in [-0.15, -0.1) is 0 Å². The van der Waals surface area contributed by atoms with Crippen molar-refractivity contribution in [3.8, 4) is 0 Å². The number of hydrogen-bond acceptors (Lipinski definition) is 5. The topological polar surface area (TPSA) is 113 Å². The molecule has 1 saturated carbocycles. The number of sulfonamides is 1. The maximum atomic E-state index is 12.8. The first-order chi connectivity index (χ1) is 15.2. The average Bonchev–Trinajstić information content (AvgIpc) is 3.11. The van der Waals surface area contributed by atoms with Gasteiger partial charge in [-0.1, -0.05) is 6.07 Å². The molecule has 0 radical (unpaired) electrons. The monoisotopic (exact) mass is 457 g/mol. The summed E-state index contributed by atoms with van der Waals surface area (Å²) in [5.74, 6) is -0.288. The van der Waals surface area contributed by atoms with Crippen LogP contribution < -0.4 is 10.0 Å². The molecule has 3 amide bonds. The predicted molar refractivity (Wildman–Crippen MR) is 118 cm³/mol. The molecule has 0 unspecified atom stereocenters. The van der Waals surface area contributed by atoms with E-state index in [1.54, 1.807) is 11.9 Å². The Hall–Kier alpha value is -2.88. The summed E-state index contributed by atoms with van der Waals surface area (Å²) in [6, 6.07) is 2.84. The van der Waals surface area contributed by atoms with Crippen LogP contribution in [0.4, 0.5) is 10.5 Å². The number of nitrogens with one attached hydrogen (secondary N) is 2. The minimum absolute atomic E-state index is 0.166. The minimum Gasteiger partial charge on any atom is -0.337 e.